The van der Waals surface area contributed by atoms with E-state index in [0.717, 1.165) is 0 Å². The Hall–Kier alpha value is -1.56. The maximum Gasteiger partial charge on any atom is 0.526 e. The Bertz CT molecular complexity index is 652. The van der Waals surface area contributed by atoms with Gasteiger partial charge in [-0.25, -0.2) is 0 Å². The van der Waals surface area contributed by atoms with Crippen LogP contribution in [-0.4, -0.2) is 27.3 Å². The summed E-state index contributed by atoms with van der Waals surface area (Å²) in [6.45, 7) is 2.27. The number of halogens is 2. The molecule has 0 radical (unpaired) electrons. The average molecular weight is 329 g/mol. The Balaban J connectivity index is 2.76. The van der Waals surface area contributed by atoms with Crippen LogP contribution in [-0.2, 0) is 7.05 Å². The van der Waals surface area contributed by atoms with Crippen molar-refractivity contribution in [2.24, 2.45) is 7.05 Å². The van der Waals surface area contributed by atoms with Crippen molar-refractivity contribution in [2.45, 2.75) is 13.3 Å². The molecule has 0 saturated carbocycles. The Labute approximate surface area is 132 Å². The van der Waals surface area contributed by atoms with E-state index in [0.29, 0.717) is 34.6 Å². The molecule has 2 rings (SSSR count). The first kappa shape index (κ1) is 15.8. The highest BCUT2D eigenvalue weighted by molar-refractivity contribution is 6.35. The van der Waals surface area contributed by atoms with Gasteiger partial charge in [-0.3, -0.25) is 4.57 Å². The third-order valence-electron chi connectivity index (χ3n) is 3.31. The largest absolute Gasteiger partial charge is 0.526 e. The van der Waals surface area contributed by atoms with Crippen molar-refractivity contribution in [2.75, 3.05) is 6.54 Å². The maximum atomic E-state index is 12.1. The molecule has 0 bridgehead atoms. The lowest BCUT2D eigenvalue weighted by atomic mass is 10.2. The SMILES string of the molecule is CCC[N+](C(=O)O)(c1cc(Cl)cc(Cl)c1)c1nccn1C. The van der Waals surface area contributed by atoms with E-state index in [1.165, 1.54) is 0 Å². The summed E-state index contributed by atoms with van der Waals surface area (Å²) < 4.78 is 1.25. The van der Waals surface area contributed by atoms with Gasteiger partial charge in [0.05, 0.1) is 6.20 Å². The molecule has 0 aliphatic rings. The van der Waals surface area contributed by atoms with Crippen molar-refractivity contribution in [3.05, 3.63) is 40.6 Å². The molecule has 0 aliphatic heterocycles. The first-order valence-electron chi connectivity index (χ1n) is 6.48. The molecule has 21 heavy (non-hydrogen) atoms. The molecule has 1 N–H and O–H groups in total. The standard InChI is InChI=1S/C14H15Cl2N3O2/c1-3-6-19(14(20)21,13-17-4-5-18(13)2)12-8-10(15)7-11(16)9-12/h4-5,7-9H,3,6H2,1-2H3/p+1. The van der Waals surface area contributed by atoms with Crippen LogP contribution in [0.15, 0.2) is 30.6 Å². The number of imidazole rings is 1. The van der Waals surface area contributed by atoms with Crippen molar-refractivity contribution in [1.82, 2.24) is 14.0 Å². The monoisotopic (exact) mass is 328 g/mol. The highest BCUT2D eigenvalue weighted by Gasteiger charge is 2.45. The third-order valence-corrected chi connectivity index (χ3v) is 3.75. The summed E-state index contributed by atoms with van der Waals surface area (Å²) >= 11 is 12.1. The second-order valence-electron chi connectivity index (χ2n) is 4.78. The fourth-order valence-corrected chi connectivity index (χ4v) is 2.97. The molecule has 0 saturated heterocycles. The predicted octanol–water partition coefficient (Wildman–Crippen LogP) is 4.45. The van der Waals surface area contributed by atoms with E-state index in [4.69, 9.17) is 23.2 Å². The molecular formula is C14H16Cl2N3O2+. The molecule has 1 atom stereocenters. The highest BCUT2D eigenvalue weighted by atomic mass is 35.5. The number of nitrogens with zero attached hydrogens (tertiary/aromatic N) is 3. The van der Waals surface area contributed by atoms with Crippen LogP contribution in [0.2, 0.25) is 10.0 Å². The van der Waals surface area contributed by atoms with Crippen molar-refractivity contribution < 1.29 is 9.90 Å². The number of carbonyl (C=O) groups is 1. The number of aromatic nitrogens is 2. The van der Waals surface area contributed by atoms with Crippen LogP contribution in [0.3, 0.4) is 0 Å². The zero-order valence-electron chi connectivity index (χ0n) is 11.8. The first-order valence-corrected chi connectivity index (χ1v) is 7.23. The molecule has 2 aromatic rings. The second-order valence-corrected chi connectivity index (χ2v) is 5.65. The number of amides is 1. The van der Waals surface area contributed by atoms with E-state index in [-0.39, 0.29) is 0 Å². The normalized spacial score (nSPS) is 13.9. The van der Waals surface area contributed by atoms with Gasteiger partial charge in [-0.1, -0.05) is 30.1 Å². The van der Waals surface area contributed by atoms with Crippen molar-refractivity contribution in [3.8, 4) is 0 Å². The molecule has 1 aromatic carbocycles. The van der Waals surface area contributed by atoms with Gasteiger partial charge in [0.2, 0.25) is 0 Å². The van der Waals surface area contributed by atoms with Crippen LogP contribution < -0.4 is 4.48 Å². The van der Waals surface area contributed by atoms with E-state index in [1.54, 1.807) is 42.2 Å². The number of hydrogen-bond donors (Lipinski definition) is 1. The molecule has 0 fully saturated rings. The van der Waals surface area contributed by atoms with E-state index in [9.17, 15) is 9.90 Å². The fourth-order valence-electron chi connectivity index (χ4n) is 2.46. The molecule has 5 nitrogen and oxygen atoms in total. The summed E-state index contributed by atoms with van der Waals surface area (Å²) in [7, 11) is 1.76. The quantitative estimate of drug-likeness (QED) is 0.843. The van der Waals surface area contributed by atoms with Gasteiger partial charge in [0.1, 0.15) is 6.54 Å². The van der Waals surface area contributed by atoms with Crippen LogP contribution >= 0.6 is 23.2 Å². The summed E-state index contributed by atoms with van der Waals surface area (Å²) in [5.74, 6) is 0.405. The number of hydrogen-bond acceptors (Lipinski definition) is 2. The maximum absolute atomic E-state index is 12.1. The molecule has 7 heteroatoms. The zero-order valence-corrected chi connectivity index (χ0v) is 13.3. The van der Waals surface area contributed by atoms with Crippen molar-refractivity contribution in [1.29, 1.82) is 0 Å². The molecule has 112 valence electrons. The summed E-state index contributed by atoms with van der Waals surface area (Å²) in [6, 6.07) is 4.81. The molecule has 1 heterocycles. The van der Waals surface area contributed by atoms with Crippen LogP contribution in [0.1, 0.15) is 13.3 Å². The van der Waals surface area contributed by atoms with E-state index < -0.39 is 10.6 Å². The third kappa shape index (κ3) is 2.77. The summed E-state index contributed by atoms with van der Waals surface area (Å²) in [5.41, 5.74) is 0.483. The van der Waals surface area contributed by atoms with E-state index in [2.05, 4.69) is 4.98 Å². The average Bonchev–Trinajstić information content (AvgIpc) is 2.81. The molecule has 1 aromatic heterocycles. The van der Waals surface area contributed by atoms with Gasteiger partial charge < -0.3 is 5.11 Å². The van der Waals surface area contributed by atoms with Crippen LogP contribution in [0.25, 0.3) is 0 Å². The van der Waals surface area contributed by atoms with Crippen LogP contribution in [0.4, 0.5) is 16.4 Å². The number of quaternary nitrogens is 1. The van der Waals surface area contributed by atoms with Gasteiger partial charge >= 0.3 is 12.0 Å². The second kappa shape index (κ2) is 6.05. The van der Waals surface area contributed by atoms with E-state index in [1.807, 2.05) is 6.92 Å². The van der Waals surface area contributed by atoms with Gasteiger partial charge in [-0.2, -0.15) is 9.78 Å². The van der Waals surface area contributed by atoms with Gasteiger partial charge in [0.15, 0.2) is 5.69 Å². The Morgan fingerprint density at radius 1 is 1.33 bits per heavy atom. The lowest BCUT2D eigenvalue weighted by molar-refractivity contribution is 0.162. The molecule has 1 amide bonds. The summed E-state index contributed by atoms with van der Waals surface area (Å²) in [5, 5.41) is 10.7. The minimum atomic E-state index is -1.02. The topological polar surface area (TPSA) is 55.1 Å². The summed E-state index contributed by atoms with van der Waals surface area (Å²) in [6.07, 6.45) is 2.92. The zero-order chi connectivity index (χ0) is 15.6. The fraction of sp³-hybridized carbons (Fsp3) is 0.286. The van der Waals surface area contributed by atoms with E-state index >= 15 is 0 Å². The van der Waals surface area contributed by atoms with Gasteiger partial charge in [-0.05, 0) is 12.5 Å². The smallest absolute Gasteiger partial charge is 0.435 e. The summed E-state index contributed by atoms with van der Waals surface area (Å²) in [4.78, 5) is 16.3. The van der Waals surface area contributed by atoms with Crippen molar-refractivity contribution >= 4 is 40.9 Å². The lowest BCUT2D eigenvalue weighted by Crippen LogP contribution is -2.51. The van der Waals surface area contributed by atoms with Crippen LogP contribution in [0, 0.1) is 0 Å². The number of aryl methyl sites for hydroxylation is 1. The number of carboxylic acid groups (broad SMARTS) is 1. The molecule has 0 spiro atoms. The van der Waals surface area contributed by atoms with Gasteiger partial charge in [-0.15, -0.1) is 4.48 Å². The van der Waals surface area contributed by atoms with Gasteiger partial charge in [0.25, 0.3) is 0 Å². The van der Waals surface area contributed by atoms with Gasteiger partial charge in [0, 0.05) is 35.4 Å². The molecule has 0 aliphatic carbocycles. The molecular weight excluding hydrogens is 313 g/mol. The molecule has 1 unspecified atom stereocenters. The predicted molar refractivity (Wildman–Crippen MR) is 84.3 cm³/mol. The highest BCUT2D eigenvalue weighted by Crippen LogP contribution is 2.37. The minimum Gasteiger partial charge on any atom is -0.435 e. The Morgan fingerprint density at radius 3 is 2.38 bits per heavy atom. The number of rotatable bonds is 4. The Morgan fingerprint density at radius 2 is 1.95 bits per heavy atom. The first-order chi connectivity index (χ1) is 9.91. The minimum absolute atomic E-state index is 0.344. The number of benzene rings is 1. The lowest BCUT2D eigenvalue weighted by Gasteiger charge is -2.30. The van der Waals surface area contributed by atoms with Crippen LogP contribution in [0.5, 0.6) is 0 Å². The Kier molecular flexibility index (Phi) is 4.56. The van der Waals surface area contributed by atoms with Crippen molar-refractivity contribution in [3.63, 3.8) is 0 Å².